The predicted octanol–water partition coefficient (Wildman–Crippen LogP) is 4.02. The van der Waals surface area contributed by atoms with Gasteiger partial charge in [-0.3, -0.25) is 0 Å². The normalized spacial score (nSPS) is 18.6. The number of hydrogen-bond donors (Lipinski definition) is 1. The molecule has 0 aromatic heterocycles. The van der Waals surface area contributed by atoms with E-state index in [4.69, 9.17) is 0 Å². The number of nitrogens with one attached hydrogen (secondary N) is 1. The number of fused-ring (bicyclic) bond motifs is 1. The number of rotatable bonds is 0. The van der Waals surface area contributed by atoms with Crippen LogP contribution in [0.4, 0.5) is 5.69 Å². The topological polar surface area (TPSA) is 12.0 Å². The molecule has 1 nitrogen and oxygen atoms in total. The number of para-hydroxylation sites is 1. The quantitative estimate of drug-likeness (QED) is 0.653. The highest BCUT2D eigenvalue weighted by Crippen LogP contribution is 2.30. The van der Waals surface area contributed by atoms with Crippen molar-refractivity contribution in [3.8, 4) is 0 Å². The van der Waals surface area contributed by atoms with Crippen molar-refractivity contribution in [2.24, 2.45) is 0 Å². The first kappa shape index (κ1) is 11.1. The Morgan fingerprint density at radius 1 is 1.29 bits per heavy atom. The lowest BCUT2D eigenvalue weighted by atomic mass is 9.93. The van der Waals surface area contributed by atoms with E-state index in [1.54, 1.807) is 0 Å². The molecule has 0 radical (unpaired) electrons. The smallest absolute Gasteiger partial charge is 0.0375 e. The highest BCUT2D eigenvalue weighted by molar-refractivity contribution is 5.54. The van der Waals surface area contributed by atoms with E-state index in [0.717, 1.165) is 12.5 Å². The standard InChI is InChI=1S/C10H13N.C3H8/c1-8-6-7-11-10-5-3-2-4-9(8)10;1-3-2/h2-5,8,11H,6-7H2,1H3;3H2,1-2H3. The maximum Gasteiger partial charge on any atom is 0.0375 e. The molecule has 1 heterocycles. The highest BCUT2D eigenvalue weighted by Gasteiger charge is 2.13. The number of benzene rings is 1. The van der Waals surface area contributed by atoms with E-state index in [2.05, 4.69) is 50.4 Å². The minimum absolute atomic E-state index is 0.729. The Morgan fingerprint density at radius 2 is 1.93 bits per heavy atom. The molecule has 1 aliphatic heterocycles. The summed E-state index contributed by atoms with van der Waals surface area (Å²) in [5.41, 5.74) is 2.80. The summed E-state index contributed by atoms with van der Waals surface area (Å²) in [4.78, 5) is 0. The van der Waals surface area contributed by atoms with Crippen molar-refractivity contribution in [3.05, 3.63) is 29.8 Å². The van der Waals surface area contributed by atoms with Gasteiger partial charge in [0.25, 0.3) is 0 Å². The molecule has 1 unspecified atom stereocenters. The average molecular weight is 191 g/mol. The van der Waals surface area contributed by atoms with Crippen molar-refractivity contribution in [1.82, 2.24) is 0 Å². The molecule has 78 valence electrons. The van der Waals surface area contributed by atoms with Crippen molar-refractivity contribution in [3.63, 3.8) is 0 Å². The van der Waals surface area contributed by atoms with Gasteiger partial charge < -0.3 is 5.32 Å². The fourth-order valence-electron chi connectivity index (χ4n) is 1.67. The second kappa shape index (κ2) is 5.69. The van der Waals surface area contributed by atoms with Gasteiger partial charge in [0.05, 0.1) is 0 Å². The third-order valence-electron chi connectivity index (χ3n) is 2.38. The van der Waals surface area contributed by atoms with Crippen LogP contribution in [0.25, 0.3) is 0 Å². The first-order valence-electron chi connectivity index (χ1n) is 5.62. The fraction of sp³-hybridized carbons (Fsp3) is 0.538. The Labute approximate surface area is 87.5 Å². The summed E-state index contributed by atoms with van der Waals surface area (Å²) >= 11 is 0. The van der Waals surface area contributed by atoms with Crippen LogP contribution in [0.1, 0.15) is 45.1 Å². The van der Waals surface area contributed by atoms with Gasteiger partial charge in [0.2, 0.25) is 0 Å². The SMILES string of the molecule is CC1CCNc2ccccc21.CCC. The summed E-state index contributed by atoms with van der Waals surface area (Å²) in [5, 5.41) is 3.39. The van der Waals surface area contributed by atoms with Gasteiger partial charge in [-0.1, -0.05) is 45.4 Å². The first-order chi connectivity index (χ1) is 6.79. The maximum atomic E-state index is 3.39. The Hall–Kier alpha value is -0.980. The van der Waals surface area contributed by atoms with Crippen molar-refractivity contribution < 1.29 is 0 Å². The third-order valence-corrected chi connectivity index (χ3v) is 2.38. The van der Waals surface area contributed by atoms with E-state index in [1.165, 1.54) is 24.1 Å². The summed E-state index contributed by atoms with van der Waals surface area (Å²) in [7, 11) is 0. The molecule has 0 amide bonds. The Bertz CT molecular complexity index is 268. The van der Waals surface area contributed by atoms with Crippen molar-refractivity contribution >= 4 is 5.69 Å². The van der Waals surface area contributed by atoms with Gasteiger partial charge in [0, 0.05) is 12.2 Å². The molecule has 1 aromatic carbocycles. The Balaban J connectivity index is 0.000000293. The van der Waals surface area contributed by atoms with Crippen LogP contribution in [0.5, 0.6) is 0 Å². The molecule has 0 saturated heterocycles. The molecule has 0 saturated carbocycles. The second-order valence-corrected chi connectivity index (χ2v) is 3.91. The zero-order valence-electron chi connectivity index (χ0n) is 9.51. The molecule has 14 heavy (non-hydrogen) atoms. The molecule has 0 fully saturated rings. The van der Waals surface area contributed by atoms with Crippen molar-refractivity contribution in [2.45, 2.75) is 39.5 Å². The van der Waals surface area contributed by atoms with E-state index < -0.39 is 0 Å². The molecular formula is C13H21N. The van der Waals surface area contributed by atoms with E-state index in [9.17, 15) is 0 Å². The molecule has 1 aliphatic rings. The molecule has 2 rings (SSSR count). The van der Waals surface area contributed by atoms with Crippen LogP contribution >= 0.6 is 0 Å². The summed E-state index contributed by atoms with van der Waals surface area (Å²) in [6, 6.07) is 8.57. The van der Waals surface area contributed by atoms with E-state index in [0.29, 0.717) is 0 Å². The molecule has 0 spiro atoms. The van der Waals surface area contributed by atoms with E-state index in [-0.39, 0.29) is 0 Å². The van der Waals surface area contributed by atoms with Gasteiger partial charge in [-0.15, -0.1) is 0 Å². The average Bonchev–Trinajstić information content (AvgIpc) is 2.20. The van der Waals surface area contributed by atoms with Crippen LogP contribution < -0.4 is 5.32 Å². The summed E-state index contributed by atoms with van der Waals surface area (Å²) < 4.78 is 0. The summed E-state index contributed by atoms with van der Waals surface area (Å²) in [5.74, 6) is 0.729. The predicted molar refractivity (Wildman–Crippen MR) is 63.9 cm³/mol. The zero-order valence-corrected chi connectivity index (χ0v) is 9.51. The van der Waals surface area contributed by atoms with Gasteiger partial charge in [-0.2, -0.15) is 0 Å². The first-order valence-corrected chi connectivity index (χ1v) is 5.62. The monoisotopic (exact) mass is 191 g/mol. The largest absolute Gasteiger partial charge is 0.385 e. The molecule has 1 atom stereocenters. The highest BCUT2D eigenvalue weighted by atomic mass is 14.9. The van der Waals surface area contributed by atoms with Crippen LogP contribution in [-0.2, 0) is 0 Å². The van der Waals surface area contributed by atoms with Gasteiger partial charge in [-0.25, -0.2) is 0 Å². The van der Waals surface area contributed by atoms with E-state index in [1.807, 2.05) is 0 Å². The van der Waals surface area contributed by atoms with Crippen LogP contribution in [-0.4, -0.2) is 6.54 Å². The molecule has 1 N–H and O–H groups in total. The zero-order chi connectivity index (χ0) is 10.4. The summed E-state index contributed by atoms with van der Waals surface area (Å²) in [6.07, 6.45) is 2.51. The fourth-order valence-corrected chi connectivity index (χ4v) is 1.67. The van der Waals surface area contributed by atoms with Crippen molar-refractivity contribution in [2.75, 3.05) is 11.9 Å². The minimum atomic E-state index is 0.729. The van der Waals surface area contributed by atoms with Crippen LogP contribution in [0.3, 0.4) is 0 Å². The lowest BCUT2D eigenvalue weighted by Gasteiger charge is -2.23. The lowest BCUT2D eigenvalue weighted by molar-refractivity contribution is 0.684. The van der Waals surface area contributed by atoms with Crippen LogP contribution in [0.2, 0.25) is 0 Å². The van der Waals surface area contributed by atoms with Crippen molar-refractivity contribution in [1.29, 1.82) is 0 Å². The van der Waals surface area contributed by atoms with Crippen LogP contribution in [0.15, 0.2) is 24.3 Å². The number of hydrogen-bond acceptors (Lipinski definition) is 1. The molecule has 1 heteroatoms. The van der Waals surface area contributed by atoms with E-state index >= 15 is 0 Å². The molecule has 0 bridgehead atoms. The maximum absolute atomic E-state index is 3.39. The molecule has 1 aromatic rings. The minimum Gasteiger partial charge on any atom is -0.385 e. The lowest BCUT2D eigenvalue weighted by Crippen LogP contribution is -2.14. The Morgan fingerprint density at radius 3 is 2.57 bits per heavy atom. The van der Waals surface area contributed by atoms with Gasteiger partial charge in [0.1, 0.15) is 0 Å². The summed E-state index contributed by atoms with van der Waals surface area (Å²) in [6.45, 7) is 7.66. The molecular weight excluding hydrogens is 170 g/mol. The third kappa shape index (κ3) is 2.76. The van der Waals surface area contributed by atoms with Crippen LogP contribution in [0, 0.1) is 0 Å². The van der Waals surface area contributed by atoms with Gasteiger partial charge in [-0.05, 0) is 24.0 Å². The van der Waals surface area contributed by atoms with Gasteiger partial charge in [0.15, 0.2) is 0 Å². The number of anilines is 1. The molecule has 0 aliphatic carbocycles. The Kier molecular flexibility index (Phi) is 4.51. The second-order valence-electron chi connectivity index (χ2n) is 3.91. The van der Waals surface area contributed by atoms with Gasteiger partial charge >= 0.3 is 0 Å².